The maximum atomic E-state index is 12.5. The van der Waals surface area contributed by atoms with Gasteiger partial charge >= 0.3 is 0 Å². The van der Waals surface area contributed by atoms with E-state index in [2.05, 4.69) is 25.4 Å². The van der Waals surface area contributed by atoms with Crippen molar-refractivity contribution in [1.29, 1.82) is 0 Å². The van der Waals surface area contributed by atoms with Crippen molar-refractivity contribution in [1.82, 2.24) is 25.4 Å². The second-order valence-corrected chi connectivity index (χ2v) is 7.89. The van der Waals surface area contributed by atoms with Crippen molar-refractivity contribution >= 4 is 17.5 Å². The number of amides is 1. The lowest BCUT2D eigenvalue weighted by atomic mass is 10.1. The fraction of sp³-hybridized carbons (Fsp3) is 0.250. The highest BCUT2D eigenvalue weighted by molar-refractivity contribution is 6.30. The lowest BCUT2D eigenvalue weighted by molar-refractivity contribution is -0.122. The predicted molar refractivity (Wildman–Crippen MR) is 123 cm³/mol. The Morgan fingerprint density at radius 1 is 1.12 bits per heavy atom. The molecule has 1 unspecified atom stereocenters. The van der Waals surface area contributed by atoms with Gasteiger partial charge < -0.3 is 14.8 Å². The second-order valence-electron chi connectivity index (χ2n) is 7.45. The fourth-order valence-corrected chi connectivity index (χ4v) is 3.51. The first-order chi connectivity index (χ1) is 15.6. The molecule has 4 aromatic rings. The molecule has 0 aliphatic carbocycles. The summed E-state index contributed by atoms with van der Waals surface area (Å²) in [5, 5.41) is 7.71. The number of rotatable bonds is 9. The van der Waals surface area contributed by atoms with Gasteiger partial charge in [-0.25, -0.2) is 4.98 Å². The van der Waals surface area contributed by atoms with Crippen LogP contribution in [0.3, 0.4) is 0 Å². The van der Waals surface area contributed by atoms with Gasteiger partial charge in [0.25, 0.3) is 0 Å². The minimum Gasteiger partial charge on any atom is -0.346 e. The summed E-state index contributed by atoms with van der Waals surface area (Å²) < 4.78 is 5.31. The maximum Gasteiger partial charge on any atom is 0.226 e. The number of aromatic nitrogens is 4. The lowest BCUT2D eigenvalue weighted by Gasteiger charge is -2.14. The van der Waals surface area contributed by atoms with Crippen LogP contribution in [-0.2, 0) is 11.2 Å². The first-order valence-corrected chi connectivity index (χ1v) is 11.0. The van der Waals surface area contributed by atoms with Gasteiger partial charge in [-0.3, -0.25) is 4.79 Å². The van der Waals surface area contributed by atoms with E-state index in [0.717, 1.165) is 29.1 Å². The van der Waals surface area contributed by atoms with Gasteiger partial charge in [0.1, 0.15) is 5.82 Å². The van der Waals surface area contributed by atoms with Gasteiger partial charge in [0.05, 0.1) is 17.9 Å². The van der Waals surface area contributed by atoms with Crippen LogP contribution in [0.4, 0.5) is 0 Å². The number of nitrogens with zero attached hydrogens (tertiary/aromatic N) is 3. The molecule has 2 aromatic heterocycles. The number of aromatic amines is 1. The van der Waals surface area contributed by atoms with E-state index in [1.54, 1.807) is 18.3 Å². The number of benzene rings is 2. The van der Waals surface area contributed by atoms with Crippen molar-refractivity contribution in [2.24, 2.45) is 0 Å². The summed E-state index contributed by atoms with van der Waals surface area (Å²) in [5.74, 6) is 1.74. The molecule has 0 bridgehead atoms. The average molecular weight is 450 g/mol. The highest BCUT2D eigenvalue weighted by Crippen LogP contribution is 2.21. The van der Waals surface area contributed by atoms with Crippen LogP contribution in [0.2, 0.25) is 5.02 Å². The summed E-state index contributed by atoms with van der Waals surface area (Å²) in [6, 6.07) is 17.1. The van der Waals surface area contributed by atoms with Crippen LogP contribution in [0.25, 0.3) is 22.6 Å². The molecular formula is C24H24ClN5O2. The van der Waals surface area contributed by atoms with Crippen molar-refractivity contribution in [3.63, 3.8) is 0 Å². The van der Waals surface area contributed by atoms with Crippen LogP contribution in [0.1, 0.15) is 43.9 Å². The zero-order valence-electron chi connectivity index (χ0n) is 17.7. The Bertz CT molecular complexity index is 1150. The summed E-state index contributed by atoms with van der Waals surface area (Å²) in [6.07, 6.45) is 4.04. The van der Waals surface area contributed by atoms with Crippen LogP contribution < -0.4 is 5.32 Å². The quantitative estimate of drug-likeness (QED) is 0.358. The first-order valence-electron chi connectivity index (χ1n) is 10.6. The SMILES string of the molecule is CCC(NC(=O)CCCc1nc(-c2ccc(Cl)cc2)no1)c1ncc(-c2ccccc2)[nH]1. The van der Waals surface area contributed by atoms with Crippen molar-refractivity contribution in [2.75, 3.05) is 0 Å². The Hall–Kier alpha value is -3.45. The zero-order chi connectivity index (χ0) is 22.3. The average Bonchev–Trinajstić information content (AvgIpc) is 3.49. The molecule has 0 saturated carbocycles. The van der Waals surface area contributed by atoms with E-state index in [4.69, 9.17) is 16.1 Å². The second kappa shape index (κ2) is 10.2. The molecule has 0 fully saturated rings. The number of halogens is 1. The summed E-state index contributed by atoms with van der Waals surface area (Å²) in [5.41, 5.74) is 2.83. The van der Waals surface area contributed by atoms with Gasteiger partial charge in [0, 0.05) is 23.4 Å². The fourth-order valence-electron chi connectivity index (χ4n) is 3.38. The molecule has 164 valence electrons. The van der Waals surface area contributed by atoms with Gasteiger partial charge in [-0.15, -0.1) is 0 Å². The molecule has 32 heavy (non-hydrogen) atoms. The number of aryl methyl sites for hydroxylation is 1. The Balaban J connectivity index is 1.28. The van der Waals surface area contributed by atoms with E-state index in [-0.39, 0.29) is 11.9 Å². The number of imidazole rings is 1. The van der Waals surface area contributed by atoms with Crippen molar-refractivity contribution in [3.8, 4) is 22.6 Å². The minimum absolute atomic E-state index is 0.0352. The molecule has 0 aliphatic heterocycles. The summed E-state index contributed by atoms with van der Waals surface area (Å²) in [7, 11) is 0. The van der Waals surface area contributed by atoms with E-state index in [1.165, 1.54) is 0 Å². The normalized spacial score (nSPS) is 11.9. The van der Waals surface area contributed by atoms with E-state index < -0.39 is 0 Å². The number of H-pyrrole nitrogens is 1. The van der Waals surface area contributed by atoms with E-state index in [1.807, 2.05) is 49.4 Å². The highest BCUT2D eigenvalue weighted by atomic mass is 35.5. The smallest absolute Gasteiger partial charge is 0.226 e. The van der Waals surface area contributed by atoms with E-state index in [9.17, 15) is 4.79 Å². The molecule has 7 nitrogen and oxygen atoms in total. The largest absolute Gasteiger partial charge is 0.346 e. The Morgan fingerprint density at radius 2 is 1.91 bits per heavy atom. The number of nitrogens with one attached hydrogen (secondary N) is 2. The van der Waals surface area contributed by atoms with Crippen molar-refractivity contribution in [2.45, 2.75) is 38.6 Å². The molecule has 0 saturated heterocycles. The third-order valence-electron chi connectivity index (χ3n) is 5.12. The highest BCUT2D eigenvalue weighted by Gasteiger charge is 2.17. The molecule has 0 spiro atoms. The third-order valence-corrected chi connectivity index (χ3v) is 5.37. The van der Waals surface area contributed by atoms with Gasteiger partial charge in [-0.05, 0) is 42.7 Å². The Labute approximate surface area is 191 Å². The predicted octanol–water partition coefficient (Wildman–Crippen LogP) is 5.37. The van der Waals surface area contributed by atoms with Crippen LogP contribution in [0.15, 0.2) is 65.3 Å². The number of carbonyl (C=O) groups is 1. The zero-order valence-corrected chi connectivity index (χ0v) is 18.5. The monoisotopic (exact) mass is 449 g/mol. The molecule has 1 atom stereocenters. The molecule has 2 N–H and O–H groups in total. The van der Waals surface area contributed by atoms with Crippen LogP contribution in [0.5, 0.6) is 0 Å². The lowest BCUT2D eigenvalue weighted by Crippen LogP contribution is -2.28. The van der Waals surface area contributed by atoms with Crippen molar-refractivity contribution < 1.29 is 9.32 Å². The molecule has 4 rings (SSSR count). The molecule has 2 heterocycles. The molecule has 8 heteroatoms. The Kier molecular flexibility index (Phi) is 6.97. The molecule has 2 aromatic carbocycles. The van der Waals surface area contributed by atoms with Crippen LogP contribution in [-0.4, -0.2) is 26.0 Å². The summed E-state index contributed by atoms with van der Waals surface area (Å²) in [4.78, 5) is 24.7. The third kappa shape index (κ3) is 5.42. The number of hydrogen-bond donors (Lipinski definition) is 2. The molecule has 0 aliphatic rings. The van der Waals surface area contributed by atoms with Crippen molar-refractivity contribution in [3.05, 3.63) is 77.5 Å². The minimum atomic E-state index is -0.167. The maximum absolute atomic E-state index is 12.5. The standard InChI is InChI=1S/C24H24ClN5O2/c1-2-19(24-26-15-20(28-24)16-7-4-3-5-8-16)27-21(31)9-6-10-22-29-23(30-32-22)17-11-13-18(25)14-12-17/h3-5,7-8,11-15,19H,2,6,9-10H2,1H3,(H,26,28)(H,27,31). The van der Waals surface area contributed by atoms with E-state index >= 15 is 0 Å². The van der Waals surface area contributed by atoms with Gasteiger partial charge in [0.2, 0.25) is 17.6 Å². The molecule has 0 radical (unpaired) electrons. The Morgan fingerprint density at radius 3 is 2.66 bits per heavy atom. The first kappa shape index (κ1) is 21.8. The summed E-state index contributed by atoms with van der Waals surface area (Å²) in [6.45, 7) is 2.02. The van der Waals surface area contributed by atoms with Gasteiger partial charge in [-0.1, -0.05) is 54.0 Å². The molecular weight excluding hydrogens is 426 g/mol. The van der Waals surface area contributed by atoms with E-state index in [0.29, 0.717) is 36.0 Å². The van der Waals surface area contributed by atoms with Crippen LogP contribution in [0, 0.1) is 0 Å². The number of carbonyl (C=O) groups excluding carboxylic acids is 1. The summed E-state index contributed by atoms with van der Waals surface area (Å²) >= 11 is 5.91. The topological polar surface area (TPSA) is 96.7 Å². The number of hydrogen-bond acceptors (Lipinski definition) is 5. The van der Waals surface area contributed by atoms with Gasteiger partial charge in [0.15, 0.2) is 0 Å². The molecule has 1 amide bonds. The van der Waals surface area contributed by atoms with Crippen LogP contribution >= 0.6 is 11.6 Å². The van der Waals surface area contributed by atoms with Gasteiger partial charge in [-0.2, -0.15) is 4.98 Å².